The topological polar surface area (TPSA) is 264 Å². The summed E-state index contributed by atoms with van der Waals surface area (Å²) in [4.78, 5) is 64.5. The van der Waals surface area contributed by atoms with E-state index in [4.69, 9.17) is 9.63 Å². The van der Waals surface area contributed by atoms with Crippen molar-refractivity contribution in [2.45, 2.75) is 24.5 Å². The molecule has 0 aliphatic carbocycles. The summed E-state index contributed by atoms with van der Waals surface area (Å²) in [6.07, 6.45) is -6.15. The Hall–Kier alpha value is -1.45. The fourth-order valence-corrected chi connectivity index (χ4v) is 4.92. The van der Waals surface area contributed by atoms with E-state index in [1.54, 1.807) is 4.98 Å². The molecular weight excluding hydrogens is 481 g/mol. The van der Waals surface area contributed by atoms with E-state index in [1.165, 1.54) is 0 Å². The van der Waals surface area contributed by atoms with Crippen LogP contribution in [0.4, 0.5) is 0 Å². The number of carbonyl (C=O) groups excluding carboxylic acids is 1. The largest absolute Gasteiger partial charge is 0.566 e. The van der Waals surface area contributed by atoms with Crippen LogP contribution < -0.4 is 16.1 Å². The molecule has 20 heteroatoms. The lowest BCUT2D eigenvalue weighted by atomic mass is 10.1. The number of aromatic nitrogens is 2. The van der Waals surface area contributed by atoms with Gasteiger partial charge in [-0.1, -0.05) is 0 Å². The van der Waals surface area contributed by atoms with Gasteiger partial charge in [0.15, 0.2) is 12.5 Å². The second-order valence-corrected chi connectivity index (χ2v) is 9.42. The summed E-state index contributed by atoms with van der Waals surface area (Å²) in [6.45, 7) is -1.06. The molecule has 17 nitrogen and oxygen atoms in total. The van der Waals surface area contributed by atoms with E-state index >= 15 is 0 Å². The predicted molar refractivity (Wildman–Crippen MR) is 88.0 cm³/mol. The molecule has 0 spiro atoms. The zero-order chi connectivity index (χ0) is 22.9. The normalized spacial score (nSPS) is 28.5. The number of rotatable bonds is 9. The van der Waals surface area contributed by atoms with Crippen molar-refractivity contribution in [1.82, 2.24) is 9.55 Å². The molecule has 1 fully saturated rings. The highest BCUT2D eigenvalue weighted by Gasteiger charge is 2.46. The zero-order valence-electron chi connectivity index (χ0n) is 14.2. The fraction of sp³-hybridized carbons (Fsp3) is 0.500. The van der Waals surface area contributed by atoms with Crippen LogP contribution in [-0.2, 0) is 31.6 Å². The van der Waals surface area contributed by atoms with Crippen LogP contribution in [0.1, 0.15) is 16.6 Å². The second kappa shape index (κ2) is 9.36. The van der Waals surface area contributed by atoms with Gasteiger partial charge in [0.25, 0.3) is 5.56 Å². The van der Waals surface area contributed by atoms with Gasteiger partial charge in [-0.25, -0.2) is 13.9 Å². The highest BCUT2D eigenvalue weighted by atomic mass is 31.3. The third-order valence-corrected chi connectivity index (χ3v) is 7.00. The van der Waals surface area contributed by atoms with Gasteiger partial charge in [0.2, 0.25) is 0 Å². The summed E-state index contributed by atoms with van der Waals surface area (Å²) in [5.41, 5.74) is -2.65. The molecule has 0 bridgehead atoms. The van der Waals surface area contributed by atoms with E-state index in [0.29, 0.717) is 4.57 Å². The zero-order valence-corrected chi connectivity index (χ0v) is 16.9. The second-order valence-electron chi connectivity index (χ2n) is 5.53. The van der Waals surface area contributed by atoms with Crippen LogP contribution in [0, 0.1) is 0 Å². The van der Waals surface area contributed by atoms with Crippen molar-refractivity contribution < 1.29 is 61.3 Å². The molecule has 7 unspecified atom stereocenters. The highest BCUT2D eigenvalue weighted by Crippen LogP contribution is 2.63. The van der Waals surface area contributed by atoms with Crippen molar-refractivity contribution in [3.8, 4) is 0 Å². The highest BCUT2D eigenvalue weighted by molar-refractivity contribution is 7.64. The van der Waals surface area contributed by atoms with Gasteiger partial charge in [-0.3, -0.25) is 28.6 Å². The van der Waals surface area contributed by atoms with Gasteiger partial charge in [0.1, 0.15) is 18.3 Å². The Labute approximate surface area is 165 Å². The Morgan fingerprint density at radius 3 is 2.47 bits per heavy atom. The molecule has 1 aliphatic rings. The van der Waals surface area contributed by atoms with Gasteiger partial charge >= 0.3 is 29.6 Å². The van der Waals surface area contributed by atoms with Crippen LogP contribution in [0.5, 0.6) is 0 Å². The van der Waals surface area contributed by atoms with Crippen molar-refractivity contribution >= 4 is 30.2 Å². The fourth-order valence-electron chi connectivity index (χ4n) is 2.29. The summed E-state index contributed by atoms with van der Waals surface area (Å²) in [5.74, 6) is 0. The number of aromatic amines is 1. The van der Waals surface area contributed by atoms with Crippen molar-refractivity contribution in [3.63, 3.8) is 0 Å². The molecule has 0 amide bonds. The van der Waals surface area contributed by atoms with Crippen LogP contribution in [-0.4, -0.2) is 60.8 Å². The molecule has 1 saturated heterocycles. The number of H-pyrrole nitrogens is 1. The molecule has 168 valence electrons. The molecule has 5 N–H and O–H groups in total. The molecule has 1 aromatic rings. The first-order valence-electron chi connectivity index (χ1n) is 7.44. The summed E-state index contributed by atoms with van der Waals surface area (Å²) in [7, 11) is -14.9. The van der Waals surface area contributed by atoms with Gasteiger partial charge in [0.05, 0.1) is 12.2 Å². The van der Waals surface area contributed by atoms with E-state index in [-0.39, 0.29) is 6.29 Å². The number of aldehydes is 1. The average Bonchev–Trinajstić information content (AvgIpc) is 2.86. The molecular formula is C10H13N2O15P3. The number of phosphoric acid groups is 2. The van der Waals surface area contributed by atoms with Crippen molar-refractivity contribution in [3.05, 3.63) is 32.6 Å². The van der Waals surface area contributed by atoms with Gasteiger partial charge in [0, 0.05) is 6.20 Å². The maximum Gasteiger partial charge on any atom is 0.524 e. The van der Waals surface area contributed by atoms with E-state index < -0.39 is 71.9 Å². The Kier molecular flexibility index (Phi) is 7.74. The van der Waals surface area contributed by atoms with Gasteiger partial charge in [-0.05, 0) is 8.88 Å². The summed E-state index contributed by atoms with van der Waals surface area (Å²) >= 11 is 0. The SMILES string of the molecule is O=Cc1cn(C2OC(COP(=O)(O)OP(=O)(O)O[P+](=O)[O-])C(O)C2O)c(=O)[nH]c1=O. The lowest BCUT2D eigenvalue weighted by molar-refractivity contribution is -0.179. The molecule has 0 radical (unpaired) electrons. The van der Waals surface area contributed by atoms with E-state index in [0.717, 1.165) is 6.20 Å². The molecule has 0 aromatic carbocycles. The van der Waals surface area contributed by atoms with E-state index in [2.05, 4.69) is 13.1 Å². The Morgan fingerprint density at radius 2 is 1.90 bits per heavy atom. The molecule has 1 aliphatic heterocycles. The number of phosphoric ester groups is 1. The summed E-state index contributed by atoms with van der Waals surface area (Å²) in [6, 6.07) is 0. The number of carbonyl (C=O) groups is 1. The number of nitrogens with zero attached hydrogens (tertiary/aromatic N) is 1. The maximum absolute atomic E-state index is 11.9. The van der Waals surface area contributed by atoms with E-state index in [9.17, 15) is 48.1 Å². The lowest BCUT2D eigenvalue weighted by Crippen LogP contribution is -2.38. The smallest absolute Gasteiger partial charge is 0.524 e. The van der Waals surface area contributed by atoms with Crippen LogP contribution >= 0.6 is 23.9 Å². The minimum atomic E-state index is -5.54. The van der Waals surface area contributed by atoms with Crippen LogP contribution in [0.2, 0.25) is 0 Å². The number of hydrogen-bond acceptors (Lipinski definition) is 13. The third kappa shape index (κ3) is 6.04. The Bertz CT molecular complexity index is 1030. The molecule has 0 saturated carbocycles. The minimum Gasteiger partial charge on any atom is -0.566 e. The predicted octanol–water partition coefficient (Wildman–Crippen LogP) is -2.76. The summed E-state index contributed by atoms with van der Waals surface area (Å²) < 4.78 is 50.2. The number of aliphatic hydroxyl groups excluding tert-OH is 2. The molecule has 30 heavy (non-hydrogen) atoms. The van der Waals surface area contributed by atoms with Crippen molar-refractivity contribution in [2.75, 3.05) is 6.61 Å². The molecule has 7 atom stereocenters. The lowest BCUT2D eigenvalue weighted by Gasteiger charge is -2.18. The van der Waals surface area contributed by atoms with Gasteiger partial charge < -0.3 is 24.7 Å². The van der Waals surface area contributed by atoms with Crippen molar-refractivity contribution in [2.24, 2.45) is 0 Å². The first kappa shape index (κ1) is 24.8. The number of hydrogen-bond donors (Lipinski definition) is 5. The Balaban J connectivity index is 2.13. The third-order valence-electron chi connectivity index (χ3n) is 3.51. The van der Waals surface area contributed by atoms with Crippen LogP contribution in [0.3, 0.4) is 0 Å². The van der Waals surface area contributed by atoms with Gasteiger partial charge in [-0.15, -0.1) is 0 Å². The minimum absolute atomic E-state index is 0.109. The first-order chi connectivity index (χ1) is 13.8. The van der Waals surface area contributed by atoms with Gasteiger partial charge in [-0.2, -0.15) is 4.31 Å². The maximum atomic E-state index is 11.9. The standard InChI is InChI=1S/C10H13N2O15P3/c13-2-4-1-12(10(17)11-8(4)16)9-7(15)6(14)5(25-9)3-24-29(20,21)27-30(22,23)26-28(18)19/h1-2,5-7,9,14-15H,3H2,(H,20,21)(H,22,23)(H,11,16,17). The molecule has 1 aromatic heterocycles. The first-order valence-corrected chi connectivity index (χ1v) is 11.5. The number of nitrogens with one attached hydrogen (secondary N) is 1. The van der Waals surface area contributed by atoms with E-state index in [1.807, 2.05) is 0 Å². The number of ether oxygens (including phenoxy) is 1. The monoisotopic (exact) mass is 494 g/mol. The quantitative estimate of drug-likeness (QED) is 0.172. The Morgan fingerprint density at radius 1 is 1.27 bits per heavy atom. The molecule has 2 heterocycles. The summed E-state index contributed by atoms with van der Waals surface area (Å²) in [5, 5.41) is 20.0. The average molecular weight is 494 g/mol. The number of aliphatic hydroxyl groups is 2. The van der Waals surface area contributed by atoms with Crippen LogP contribution in [0.15, 0.2) is 15.8 Å². The van der Waals surface area contributed by atoms with Crippen molar-refractivity contribution in [1.29, 1.82) is 0 Å². The molecule has 2 rings (SSSR count). The van der Waals surface area contributed by atoms with Crippen LogP contribution in [0.25, 0.3) is 0 Å².